The Morgan fingerprint density at radius 2 is 2.00 bits per heavy atom. The maximum atomic E-state index is 13.8. The summed E-state index contributed by atoms with van der Waals surface area (Å²) in [7, 11) is 0. The van der Waals surface area contributed by atoms with Crippen LogP contribution in [0.3, 0.4) is 0 Å². The van der Waals surface area contributed by atoms with Gasteiger partial charge in [-0.15, -0.1) is 0 Å². The molecule has 3 nitrogen and oxygen atoms in total. The molecular weight excluding hydrogens is 290 g/mol. The van der Waals surface area contributed by atoms with E-state index in [0.717, 1.165) is 0 Å². The smallest absolute Gasteiger partial charge is 0.269 e. The fourth-order valence-corrected chi connectivity index (χ4v) is 2.95. The molecule has 2 atom stereocenters. The molecule has 2 unspecified atom stereocenters. The first-order chi connectivity index (χ1) is 9.87. The van der Waals surface area contributed by atoms with Gasteiger partial charge in [0.15, 0.2) is 5.60 Å². The summed E-state index contributed by atoms with van der Waals surface area (Å²) in [6.45, 7) is 6.93. The van der Waals surface area contributed by atoms with Crippen molar-refractivity contribution in [1.29, 1.82) is 0 Å². The zero-order valence-corrected chi connectivity index (χ0v) is 13.7. The van der Waals surface area contributed by atoms with Gasteiger partial charge in [-0.2, -0.15) is 0 Å². The number of hydrogen-bond acceptors (Lipinski definition) is 3. The molecule has 0 heterocycles. The summed E-state index contributed by atoms with van der Waals surface area (Å²) in [6.07, 6.45) is 0.137. The lowest BCUT2D eigenvalue weighted by Gasteiger charge is -2.47. The molecule has 0 bridgehead atoms. The Bertz CT molecular complexity index is 559. The van der Waals surface area contributed by atoms with Gasteiger partial charge in [0.05, 0.1) is 12.7 Å². The lowest BCUT2D eigenvalue weighted by Crippen LogP contribution is -2.53. The van der Waals surface area contributed by atoms with Crippen molar-refractivity contribution in [2.24, 2.45) is 5.41 Å². The number of allylic oxidation sites excluding steroid dienone is 1. The summed E-state index contributed by atoms with van der Waals surface area (Å²) in [5.74, 6) is 2.15. The van der Waals surface area contributed by atoms with Crippen molar-refractivity contribution in [1.82, 2.24) is 0 Å². The monoisotopic (exact) mass is 314 g/mol. The van der Waals surface area contributed by atoms with Gasteiger partial charge in [-0.3, -0.25) is 0 Å². The van der Waals surface area contributed by atoms with Crippen LogP contribution in [0.1, 0.15) is 41.0 Å². The number of aliphatic hydroxyl groups is 3. The highest BCUT2D eigenvalue weighted by Gasteiger charge is 2.53. The van der Waals surface area contributed by atoms with E-state index in [0.29, 0.717) is 12.5 Å². The predicted octanol–water partition coefficient (Wildman–Crippen LogP) is 2.42. The van der Waals surface area contributed by atoms with E-state index in [1.54, 1.807) is 20.8 Å². The van der Waals surface area contributed by atoms with E-state index < -0.39 is 28.6 Å². The molecule has 0 aliphatic heterocycles. The third kappa shape index (κ3) is 3.40. The Morgan fingerprint density at radius 1 is 1.45 bits per heavy atom. The summed E-state index contributed by atoms with van der Waals surface area (Å²) < 4.78 is 27.6. The molecule has 1 aliphatic rings. The van der Waals surface area contributed by atoms with Crippen LogP contribution < -0.4 is 0 Å². The quantitative estimate of drug-likeness (QED) is 0.542. The third-order valence-corrected chi connectivity index (χ3v) is 4.27. The van der Waals surface area contributed by atoms with Crippen molar-refractivity contribution < 1.29 is 24.1 Å². The minimum absolute atomic E-state index is 0.00644. The molecule has 22 heavy (non-hydrogen) atoms. The maximum absolute atomic E-state index is 13.8. The summed E-state index contributed by atoms with van der Waals surface area (Å²) in [5.41, 5.74) is -2.60. The number of halogens is 2. The highest BCUT2D eigenvalue weighted by atomic mass is 19.3. The van der Waals surface area contributed by atoms with Crippen LogP contribution in [0.5, 0.6) is 0 Å². The molecule has 5 heteroatoms. The van der Waals surface area contributed by atoms with Crippen molar-refractivity contribution in [3.63, 3.8) is 0 Å². The van der Waals surface area contributed by atoms with Crippen LogP contribution >= 0.6 is 0 Å². The van der Waals surface area contributed by atoms with Crippen LogP contribution in [-0.4, -0.2) is 39.6 Å². The van der Waals surface area contributed by atoms with E-state index >= 15 is 0 Å². The number of aliphatic hydroxyl groups excluding tert-OH is 2. The first-order valence-electron chi connectivity index (χ1n) is 7.17. The van der Waals surface area contributed by atoms with E-state index in [1.165, 1.54) is 13.0 Å². The second-order valence-electron chi connectivity index (χ2n) is 6.56. The molecular formula is C17H24F2O3. The standard InChI is InChI=1S/C17H24F2O3/c1-11(7-9-20)6-8-17(22)12(2)14(16(5,18)19)13(21)10-15(17,3)4/h7,13,20-22H,9-10H2,1-5H3. The Morgan fingerprint density at radius 3 is 2.45 bits per heavy atom. The zero-order valence-electron chi connectivity index (χ0n) is 13.7. The molecule has 124 valence electrons. The van der Waals surface area contributed by atoms with Crippen LogP contribution in [0.15, 0.2) is 22.8 Å². The van der Waals surface area contributed by atoms with Gasteiger partial charge in [0.1, 0.15) is 0 Å². The minimum Gasteiger partial charge on any atom is -0.392 e. The highest BCUT2D eigenvalue weighted by Crippen LogP contribution is 2.49. The van der Waals surface area contributed by atoms with Crippen LogP contribution in [-0.2, 0) is 0 Å². The van der Waals surface area contributed by atoms with Gasteiger partial charge < -0.3 is 15.3 Å². The van der Waals surface area contributed by atoms with E-state index in [4.69, 9.17) is 5.11 Å². The largest absolute Gasteiger partial charge is 0.392 e. The van der Waals surface area contributed by atoms with E-state index in [2.05, 4.69) is 11.8 Å². The fraction of sp³-hybridized carbons (Fsp3) is 0.647. The SMILES string of the molecule is CC(C#CC1(O)C(C)=C(C(C)(F)F)C(O)CC1(C)C)=CCO. The molecule has 0 saturated carbocycles. The average molecular weight is 314 g/mol. The van der Waals surface area contributed by atoms with Crippen molar-refractivity contribution in [2.45, 2.75) is 58.7 Å². The summed E-state index contributed by atoms with van der Waals surface area (Å²) in [5, 5.41) is 29.9. The number of alkyl halides is 2. The van der Waals surface area contributed by atoms with E-state index in [9.17, 15) is 19.0 Å². The molecule has 0 radical (unpaired) electrons. The van der Waals surface area contributed by atoms with Gasteiger partial charge >= 0.3 is 0 Å². The van der Waals surface area contributed by atoms with Crippen molar-refractivity contribution in [3.8, 4) is 11.8 Å². The fourth-order valence-electron chi connectivity index (χ4n) is 2.95. The second-order valence-corrected chi connectivity index (χ2v) is 6.56. The van der Waals surface area contributed by atoms with Gasteiger partial charge in [0.2, 0.25) is 0 Å². The summed E-state index contributed by atoms with van der Waals surface area (Å²) >= 11 is 0. The molecule has 0 amide bonds. The molecule has 1 aliphatic carbocycles. The lowest BCUT2D eigenvalue weighted by atomic mass is 9.61. The van der Waals surface area contributed by atoms with E-state index in [-0.39, 0.29) is 18.6 Å². The van der Waals surface area contributed by atoms with Crippen LogP contribution in [0.25, 0.3) is 0 Å². The van der Waals surface area contributed by atoms with Gasteiger partial charge in [-0.05, 0) is 37.5 Å². The van der Waals surface area contributed by atoms with Crippen LogP contribution in [0.2, 0.25) is 0 Å². The normalized spacial score (nSPS) is 29.2. The molecule has 1 rings (SSSR count). The topological polar surface area (TPSA) is 60.7 Å². The maximum Gasteiger partial charge on any atom is 0.269 e. The molecule has 0 saturated heterocycles. The third-order valence-electron chi connectivity index (χ3n) is 4.27. The van der Waals surface area contributed by atoms with E-state index in [1.807, 2.05) is 0 Å². The molecule has 0 aromatic carbocycles. The van der Waals surface area contributed by atoms with Gasteiger partial charge in [-0.25, -0.2) is 8.78 Å². The Kier molecular flexibility index (Phi) is 5.23. The highest BCUT2D eigenvalue weighted by molar-refractivity contribution is 5.45. The van der Waals surface area contributed by atoms with Gasteiger partial charge in [0, 0.05) is 17.9 Å². The van der Waals surface area contributed by atoms with Crippen LogP contribution in [0.4, 0.5) is 8.78 Å². The first kappa shape index (κ1) is 18.8. The van der Waals surface area contributed by atoms with Crippen LogP contribution in [0, 0.1) is 17.3 Å². The summed E-state index contributed by atoms with van der Waals surface area (Å²) in [4.78, 5) is 0. The lowest BCUT2D eigenvalue weighted by molar-refractivity contribution is -0.0516. The van der Waals surface area contributed by atoms with Crippen molar-refractivity contribution in [3.05, 3.63) is 22.8 Å². The predicted molar refractivity (Wildman–Crippen MR) is 81.3 cm³/mol. The zero-order chi connectivity index (χ0) is 17.3. The minimum atomic E-state index is -3.23. The Labute approximate surface area is 130 Å². The van der Waals surface area contributed by atoms with Gasteiger partial charge in [0.25, 0.3) is 5.92 Å². The molecule has 0 spiro atoms. The molecule has 0 aromatic rings. The Hall–Kier alpha value is -1.22. The second kappa shape index (κ2) is 6.11. The first-order valence-corrected chi connectivity index (χ1v) is 7.17. The molecule has 0 fully saturated rings. The van der Waals surface area contributed by atoms with Crippen molar-refractivity contribution >= 4 is 0 Å². The van der Waals surface area contributed by atoms with Gasteiger partial charge in [-0.1, -0.05) is 25.7 Å². The molecule has 0 aromatic heterocycles. The summed E-state index contributed by atoms with van der Waals surface area (Å²) in [6, 6.07) is 0. The molecule has 3 N–H and O–H groups in total. The number of hydrogen-bond donors (Lipinski definition) is 3. The Balaban J connectivity index is 3.52. The average Bonchev–Trinajstić information content (AvgIpc) is 2.32. The number of rotatable bonds is 2. The van der Waals surface area contributed by atoms with Crippen molar-refractivity contribution in [2.75, 3.05) is 6.61 Å².